The number of nitrogens with one attached hydrogen (secondary N) is 2. The lowest BCUT2D eigenvalue weighted by atomic mass is 10.1. The molecule has 186 valence electrons. The van der Waals surface area contributed by atoms with Gasteiger partial charge in [0.25, 0.3) is 10.0 Å². The van der Waals surface area contributed by atoms with Gasteiger partial charge in [0.15, 0.2) is 5.13 Å². The van der Waals surface area contributed by atoms with E-state index in [1.54, 1.807) is 55.6 Å². The molecule has 0 saturated heterocycles. The second-order valence-electron chi connectivity index (χ2n) is 7.93. The van der Waals surface area contributed by atoms with Crippen LogP contribution in [0.15, 0.2) is 88.0 Å². The Kier molecular flexibility index (Phi) is 7.97. The number of aryl methyl sites for hydroxylation is 1. The molecule has 0 saturated carbocycles. The van der Waals surface area contributed by atoms with Gasteiger partial charge in [-0.3, -0.25) is 9.52 Å². The van der Waals surface area contributed by atoms with E-state index in [-0.39, 0.29) is 10.8 Å². The zero-order valence-electron chi connectivity index (χ0n) is 19.9. The van der Waals surface area contributed by atoms with E-state index in [0.29, 0.717) is 16.6 Å². The fourth-order valence-electron chi connectivity index (χ4n) is 3.31. The van der Waals surface area contributed by atoms with Crippen molar-refractivity contribution in [1.82, 2.24) is 4.98 Å². The number of carbonyl (C=O) groups excluding carboxylic acids is 1. The van der Waals surface area contributed by atoms with Gasteiger partial charge in [-0.15, -0.1) is 23.1 Å². The van der Waals surface area contributed by atoms with E-state index in [1.807, 2.05) is 43.5 Å². The minimum absolute atomic E-state index is 0.176. The van der Waals surface area contributed by atoms with Crippen molar-refractivity contribution in [2.75, 3.05) is 17.1 Å². The van der Waals surface area contributed by atoms with Gasteiger partial charge in [-0.1, -0.05) is 29.8 Å². The standard InChI is InChI=1S/C26H25N3O4S3/c1-17-8-14-21(15-9-17)36(31,32)29-19-10-12-20(13-11-19)35-18(2)25(30)28-26-27-23(16-34-26)22-6-4-5-7-24(22)33-3/h4-16,18,29H,1-3H3,(H,27,28,30). The Hall–Kier alpha value is -3.34. The van der Waals surface area contributed by atoms with Crippen LogP contribution < -0.4 is 14.8 Å². The van der Waals surface area contributed by atoms with E-state index >= 15 is 0 Å². The van der Waals surface area contributed by atoms with Crippen molar-refractivity contribution in [1.29, 1.82) is 0 Å². The Morgan fingerprint density at radius 2 is 1.72 bits per heavy atom. The molecule has 10 heteroatoms. The molecule has 2 N–H and O–H groups in total. The lowest BCUT2D eigenvalue weighted by molar-refractivity contribution is -0.115. The zero-order valence-corrected chi connectivity index (χ0v) is 22.3. The molecule has 1 amide bonds. The van der Waals surface area contributed by atoms with Crippen molar-refractivity contribution in [3.05, 3.63) is 83.7 Å². The van der Waals surface area contributed by atoms with Crippen LogP contribution in [0, 0.1) is 6.92 Å². The second kappa shape index (κ2) is 11.2. The Morgan fingerprint density at radius 1 is 1.03 bits per heavy atom. The number of thiazole rings is 1. The number of anilines is 2. The van der Waals surface area contributed by atoms with Crippen molar-refractivity contribution >= 4 is 49.8 Å². The largest absolute Gasteiger partial charge is 0.496 e. The molecule has 1 unspecified atom stereocenters. The fourth-order valence-corrected chi connectivity index (χ4v) is 5.95. The van der Waals surface area contributed by atoms with Gasteiger partial charge >= 0.3 is 0 Å². The number of thioether (sulfide) groups is 1. The molecule has 1 heterocycles. The highest BCUT2D eigenvalue weighted by atomic mass is 32.2. The van der Waals surface area contributed by atoms with Gasteiger partial charge in [-0.25, -0.2) is 13.4 Å². The third-order valence-electron chi connectivity index (χ3n) is 5.24. The van der Waals surface area contributed by atoms with E-state index in [1.165, 1.54) is 23.1 Å². The summed E-state index contributed by atoms with van der Waals surface area (Å²) in [6, 6.07) is 21.2. The summed E-state index contributed by atoms with van der Waals surface area (Å²) in [7, 11) is -2.06. The topological polar surface area (TPSA) is 97.4 Å². The second-order valence-corrected chi connectivity index (χ2v) is 11.9. The van der Waals surface area contributed by atoms with Crippen molar-refractivity contribution in [3.63, 3.8) is 0 Å². The molecule has 4 aromatic rings. The number of hydrogen-bond acceptors (Lipinski definition) is 7. The molecule has 0 aliphatic carbocycles. The van der Waals surface area contributed by atoms with Crippen molar-refractivity contribution in [2.24, 2.45) is 0 Å². The van der Waals surface area contributed by atoms with E-state index < -0.39 is 15.3 Å². The third kappa shape index (κ3) is 6.26. The van der Waals surface area contributed by atoms with Crippen molar-refractivity contribution < 1.29 is 17.9 Å². The molecule has 1 aromatic heterocycles. The first-order valence-corrected chi connectivity index (χ1v) is 14.3. The quantitative estimate of drug-likeness (QED) is 0.252. The van der Waals surface area contributed by atoms with Crippen LogP contribution in [0.5, 0.6) is 5.75 Å². The van der Waals surface area contributed by atoms with Crippen molar-refractivity contribution in [2.45, 2.75) is 28.9 Å². The summed E-state index contributed by atoms with van der Waals surface area (Å²) in [5, 5.41) is 4.86. The van der Waals surface area contributed by atoms with Crippen LogP contribution in [0.25, 0.3) is 11.3 Å². The number of hydrogen-bond donors (Lipinski definition) is 2. The molecule has 0 aliphatic heterocycles. The van der Waals surface area contributed by atoms with E-state index in [0.717, 1.165) is 21.7 Å². The highest BCUT2D eigenvalue weighted by Gasteiger charge is 2.18. The molecule has 0 fully saturated rings. The van der Waals surface area contributed by atoms with Crippen LogP contribution in [0.3, 0.4) is 0 Å². The molecule has 0 spiro atoms. The van der Waals surface area contributed by atoms with Gasteiger partial charge in [0, 0.05) is 21.5 Å². The Balaban J connectivity index is 1.35. The van der Waals surface area contributed by atoms with Crippen LogP contribution >= 0.6 is 23.1 Å². The van der Waals surface area contributed by atoms with Crippen LogP contribution in [0.1, 0.15) is 12.5 Å². The predicted octanol–water partition coefficient (Wildman–Crippen LogP) is 6.05. The highest BCUT2D eigenvalue weighted by Crippen LogP contribution is 2.32. The first kappa shape index (κ1) is 25.7. The minimum atomic E-state index is -3.67. The molecular formula is C26H25N3O4S3. The summed E-state index contributed by atoms with van der Waals surface area (Å²) >= 11 is 2.72. The predicted molar refractivity (Wildman–Crippen MR) is 146 cm³/mol. The summed E-state index contributed by atoms with van der Waals surface area (Å²) in [6.45, 7) is 3.71. The van der Waals surface area contributed by atoms with Gasteiger partial charge in [0.2, 0.25) is 5.91 Å². The molecule has 7 nitrogen and oxygen atoms in total. The summed E-state index contributed by atoms with van der Waals surface area (Å²) < 4.78 is 33.1. The number of benzene rings is 3. The SMILES string of the molecule is COc1ccccc1-c1csc(NC(=O)C(C)Sc2ccc(NS(=O)(=O)c3ccc(C)cc3)cc2)n1. The van der Waals surface area contributed by atoms with Gasteiger partial charge in [0.05, 0.1) is 22.9 Å². The minimum Gasteiger partial charge on any atom is -0.496 e. The molecule has 0 aliphatic rings. The number of aromatic nitrogens is 1. The van der Waals surface area contributed by atoms with Crippen molar-refractivity contribution in [3.8, 4) is 17.0 Å². The molecule has 0 radical (unpaired) electrons. The Morgan fingerprint density at radius 3 is 2.42 bits per heavy atom. The number of rotatable bonds is 9. The van der Waals surface area contributed by atoms with Crippen LogP contribution in [0.4, 0.5) is 10.8 Å². The number of carbonyl (C=O) groups is 1. The van der Waals surface area contributed by atoms with Crippen LogP contribution in [-0.2, 0) is 14.8 Å². The lowest BCUT2D eigenvalue weighted by Crippen LogP contribution is -2.22. The normalized spacial score (nSPS) is 12.1. The smallest absolute Gasteiger partial charge is 0.261 e. The average Bonchev–Trinajstić information content (AvgIpc) is 3.33. The first-order valence-electron chi connectivity index (χ1n) is 11.0. The monoisotopic (exact) mass is 539 g/mol. The van der Waals surface area contributed by atoms with E-state index in [9.17, 15) is 13.2 Å². The summed E-state index contributed by atoms with van der Waals surface area (Å²) in [4.78, 5) is 18.3. The summed E-state index contributed by atoms with van der Waals surface area (Å²) in [5.74, 6) is 0.541. The molecule has 36 heavy (non-hydrogen) atoms. The summed E-state index contributed by atoms with van der Waals surface area (Å²) in [6.07, 6.45) is 0. The lowest BCUT2D eigenvalue weighted by Gasteiger charge is -2.12. The van der Waals surface area contributed by atoms with Gasteiger partial charge in [0.1, 0.15) is 5.75 Å². The average molecular weight is 540 g/mol. The highest BCUT2D eigenvalue weighted by molar-refractivity contribution is 8.00. The number of para-hydroxylation sites is 1. The van der Waals surface area contributed by atoms with Crippen LogP contribution in [-0.4, -0.2) is 31.7 Å². The summed E-state index contributed by atoms with van der Waals surface area (Å²) in [5.41, 5.74) is 3.03. The number of sulfonamides is 1. The van der Waals surface area contributed by atoms with E-state index in [2.05, 4.69) is 15.0 Å². The maximum Gasteiger partial charge on any atom is 0.261 e. The maximum atomic E-state index is 12.7. The Bertz CT molecular complexity index is 1450. The van der Waals surface area contributed by atoms with Crippen LogP contribution in [0.2, 0.25) is 0 Å². The molecule has 4 rings (SSSR count). The third-order valence-corrected chi connectivity index (χ3v) is 8.50. The van der Waals surface area contributed by atoms with Gasteiger partial charge in [-0.2, -0.15) is 0 Å². The molecule has 1 atom stereocenters. The number of ether oxygens (including phenoxy) is 1. The fraction of sp³-hybridized carbons (Fsp3) is 0.154. The van der Waals surface area contributed by atoms with Gasteiger partial charge in [-0.05, 0) is 62.4 Å². The number of methoxy groups -OCH3 is 1. The maximum absolute atomic E-state index is 12.7. The first-order chi connectivity index (χ1) is 17.2. The van der Waals surface area contributed by atoms with Gasteiger partial charge < -0.3 is 10.1 Å². The number of amides is 1. The zero-order chi connectivity index (χ0) is 25.7. The number of nitrogens with zero attached hydrogens (tertiary/aromatic N) is 1. The molecule has 0 bridgehead atoms. The molecule has 3 aromatic carbocycles. The Labute approximate surface area is 219 Å². The molecular weight excluding hydrogens is 515 g/mol. The van der Waals surface area contributed by atoms with E-state index in [4.69, 9.17) is 4.74 Å².